The molecular formula is C16H14F3N3. The molecule has 1 aliphatic heterocycles. The summed E-state index contributed by atoms with van der Waals surface area (Å²) in [5.41, 5.74) is 6.44. The molecule has 2 N–H and O–H groups in total. The second kappa shape index (κ2) is 5.36. The van der Waals surface area contributed by atoms with Crippen LogP contribution in [0.1, 0.15) is 23.6 Å². The van der Waals surface area contributed by atoms with Crippen molar-refractivity contribution < 1.29 is 13.2 Å². The van der Waals surface area contributed by atoms with Gasteiger partial charge in [-0.2, -0.15) is 18.3 Å². The van der Waals surface area contributed by atoms with E-state index in [1.165, 1.54) is 6.07 Å². The highest BCUT2D eigenvalue weighted by Crippen LogP contribution is 2.37. The molecule has 0 aromatic heterocycles. The summed E-state index contributed by atoms with van der Waals surface area (Å²) in [4.78, 5) is 0. The second-order valence-corrected chi connectivity index (χ2v) is 5.11. The molecule has 0 spiro atoms. The Hall–Kier alpha value is -2.50. The van der Waals surface area contributed by atoms with Gasteiger partial charge in [0, 0.05) is 6.42 Å². The summed E-state index contributed by atoms with van der Waals surface area (Å²) >= 11 is 0. The van der Waals surface area contributed by atoms with Crippen molar-refractivity contribution in [1.29, 1.82) is 0 Å². The third-order valence-corrected chi connectivity index (χ3v) is 3.56. The molecule has 3 rings (SSSR count). The smallest absolute Gasteiger partial charge is 0.386 e. The topological polar surface area (TPSA) is 41.6 Å². The standard InChI is InChI=1S/C16H14F3N3/c17-16(18,19)12-7-4-8-13(9-12)22-14(10-15(20)21-22)11-5-2-1-3-6-11/h1-9,14H,10H2,(H2,20,21). The number of hydrogen-bond donors (Lipinski definition) is 1. The van der Waals surface area contributed by atoms with Gasteiger partial charge in [0.1, 0.15) is 5.84 Å². The third-order valence-electron chi connectivity index (χ3n) is 3.56. The molecule has 0 saturated heterocycles. The Balaban J connectivity index is 1.98. The fraction of sp³-hybridized carbons (Fsp3) is 0.188. The maximum absolute atomic E-state index is 12.9. The number of anilines is 1. The molecule has 3 nitrogen and oxygen atoms in total. The van der Waals surface area contributed by atoms with E-state index in [4.69, 9.17) is 5.73 Å². The number of hydrazone groups is 1. The minimum Gasteiger partial charge on any atom is -0.386 e. The van der Waals surface area contributed by atoms with Gasteiger partial charge >= 0.3 is 6.18 Å². The lowest BCUT2D eigenvalue weighted by atomic mass is 10.0. The average Bonchev–Trinajstić information content (AvgIpc) is 2.89. The Bertz CT molecular complexity index is 695. The van der Waals surface area contributed by atoms with E-state index < -0.39 is 11.7 Å². The van der Waals surface area contributed by atoms with E-state index >= 15 is 0 Å². The SMILES string of the molecule is NC1=NN(c2cccc(C(F)(F)F)c2)C(c2ccccc2)C1. The number of alkyl halides is 3. The van der Waals surface area contributed by atoms with Gasteiger partial charge in [-0.05, 0) is 23.8 Å². The molecule has 0 radical (unpaired) electrons. The first kappa shape index (κ1) is 14.4. The van der Waals surface area contributed by atoms with E-state index in [0.29, 0.717) is 17.9 Å². The number of hydrogen-bond acceptors (Lipinski definition) is 3. The molecule has 0 fully saturated rings. The first-order valence-electron chi connectivity index (χ1n) is 6.79. The molecule has 2 aromatic rings. The quantitative estimate of drug-likeness (QED) is 0.913. The number of halogens is 3. The van der Waals surface area contributed by atoms with Crippen molar-refractivity contribution in [2.45, 2.75) is 18.6 Å². The van der Waals surface area contributed by atoms with E-state index in [1.807, 2.05) is 30.3 Å². The van der Waals surface area contributed by atoms with Crippen molar-refractivity contribution in [2.75, 3.05) is 5.01 Å². The first-order valence-corrected chi connectivity index (χ1v) is 6.79. The highest BCUT2D eigenvalue weighted by atomic mass is 19.4. The summed E-state index contributed by atoms with van der Waals surface area (Å²) in [5, 5.41) is 5.76. The van der Waals surface area contributed by atoms with Crippen LogP contribution in [0, 0.1) is 0 Å². The van der Waals surface area contributed by atoms with E-state index in [9.17, 15) is 13.2 Å². The highest BCUT2D eigenvalue weighted by Gasteiger charge is 2.33. The van der Waals surface area contributed by atoms with Gasteiger partial charge in [-0.15, -0.1) is 0 Å². The highest BCUT2D eigenvalue weighted by molar-refractivity contribution is 5.85. The molecule has 0 saturated carbocycles. The van der Waals surface area contributed by atoms with Gasteiger partial charge in [0.25, 0.3) is 0 Å². The first-order chi connectivity index (χ1) is 10.4. The molecule has 1 aliphatic rings. The van der Waals surface area contributed by atoms with Crippen molar-refractivity contribution in [3.8, 4) is 0 Å². The maximum Gasteiger partial charge on any atom is 0.416 e. The molecule has 1 atom stereocenters. The van der Waals surface area contributed by atoms with Gasteiger partial charge in [0.2, 0.25) is 0 Å². The van der Waals surface area contributed by atoms with Gasteiger partial charge in [0.15, 0.2) is 0 Å². The number of amidine groups is 1. The fourth-order valence-electron chi connectivity index (χ4n) is 2.53. The van der Waals surface area contributed by atoms with Gasteiger partial charge in [-0.1, -0.05) is 36.4 Å². The minimum absolute atomic E-state index is 0.190. The van der Waals surface area contributed by atoms with Crippen molar-refractivity contribution in [2.24, 2.45) is 10.8 Å². The van der Waals surface area contributed by atoms with Crippen LogP contribution in [0.4, 0.5) is 18.9 Å². The van der Waals surface area contributed by atoms with Gasteiger partial charge < -0.3 is 5.73 Å². The van der Waals surface area contributed by atoms with Crippen LogP contribution in [0.5, 0.6) is 0 Å². The zero-order valence-electron chi connectivity index (χ0n) is 11.6. The summed E-state index contributed by atoms with van der Waals surface area (Å²) in [5.74, 6) is 0.409. The minimum atomic E-state index is -4.38. The number of benzene rings is 2. The predicted octanol–water partition coefficient (Wildman–Crippen LogP) is 3.93. The normalized spacial score (nSPS) is 18.4. The van der Waals surface area contributed by atoms with Gasteiger partial charge in [-0.3, -0.25) is 5.01 Å². The Morgan fingerprint density at radius 3 is 2.45 bits per heavy atom. The van der Waals surface area contributed by atoms with E-state index in [2.05, 4.69) is 5.10 Å². The molecule has 1 unspecified atom stereocenters. The summed E-state index contributed by atoms with van der Waals surface area (Å²) in [6, 6.07) is 14.4. The number of nitrogens with two attached hydrogens (primary N) is 1. The molecule has 114 valence electrons. The number of rotatable bonds is 2. The van der Waals surface area contributed by atoms with Crippen LogP contribution in [-0.4, -0.2) is 5.84 Å². The summed E-state index contributed by atoms with van der Waals surface area (Å²) < 4.78 is 38.6. The summed E-state index contributed by atoms with van der Waals surface area (Å²) in [6.45, 7) is 0. The van der Waals surface area contributed by atoms with Gasteiger partial charge in [-0.25, -0.2) is 0 Å². The molecule has 22 heavy (non-hydrogen) atoms. The summed E-state index contributed by atoms with van der Waals surface area (Å²) in [6.07, 6.45) is -3.90. The molecule has 0 bridgehead atoms. The van der Waals surface area contributed by atoms with Crippen LogP contribution in [0.25, 0.3) is 0 Å². The molecule has 1 heterocycles. The monoisotopic (exact) mass is 305 g/mol. The largest absolute Gasteiger partial charge is 0.416 e. The predicted molar refractivity (Wildman–Crippen MR) is 79.3 cm³/mol. The van der Waals surface area contributed by atoms with Crippen molar-refractivity contribution in [3.63, 3.8) is 0 Å². The Labute approximate surface area is 125 Å². The van der Waals surface area contributed by atoms with E-state index in [0.717, 1.165) is 17.7 Å². The van der Waals surface area contributed by atoms with Crippen LogP contribution in [0.3, 0.4) is 0 Å². The maximum atomic E-state index is 12.9. The molecule has 0 aliphatic carbocycles. The van der Waals surface area contributed by atoms with Crippen molar-refractivity contribution in [1.82, 2.24) is 0 Å². The van der Waals surface area contributed by atoms with E-state index in [1.54, 1.807) is 11.1 Å². The lowest BCUT2D eigenvalue weighted by Gasteiger charge is -2.24. The van der Waals surface area contributed by atoms with Crippen LogP contribution in [0.2, 0.25) is 0 Å². The lowest BCUT2D eigenvalue weighted by molar-refractivity contribution is -0.137. The van der Waals surface area contributed by atoms with E-state index in [-0.39, 0.29) is 6.04 Å². The van der Waals surface area contributed by atoms with Gasteiger partial charge in [0.05, 0.1) is 17.3 Å². The molecular weight excluding hydrogens is 291 g/mol. The summed E-state index contributed by atoms with van der Waals surface area (Å²) in [7, 11) is 0. The zero-order chi connectivity index (χ0) is 15.7. The van der Waals surface area contributed by atoms with Crippen molar-refractivity contribution in [3.05, 3.63) is 65.7 Å². The molecule has 6 heteroatoms. The molecule has 2 aromatic carbocycles. The fourth-order valence-corrected chi connectivity index (χ4v) is 2.53. The number of nitrogens with zero attached hydrogens (tertiary/aromatic N) is 2. The van der Waals surface area contributed by atoms with Crippen molar-refractivity contribution >= 4 is 11.5 Å². The Morgan fingerprint density at radius 1 is 1.05 bits per heavy atom. The average molecular weight is 305 g/mol. The Kier molecular flexibility index (Phi) is 3.52. The zero-order valence-corrected chi connectivity index (χ0v) is 11.6. The van der Waals surface area contributed by atoms with Crippen LogP contribution < -0.4 is 10.7 Å². The van der Waals surface area contributed by atoms with Crippen LogP contribution in [0.15, 0.2) is 59.7 Å². The molecule has 0 amide bonds. The second-order valence-electron chi connectivity index (χ2n) is 5.11. The van der Waals surface area contributed by atoms with Crippen LogP contribution >= 0.6 is 0 Å². The van der Waals surface area contributed by atoms with Crippen LogP contribution in [-0.2, 0) is 6.18 Å². The third kappa shape index (κ3) is 2.77. The lowest BCUT2D eigenvalue weighted by Crippen LogP contribution is -2.19. The Morgan fingerprint density at radius 2 is 1.77 bits per heavy atom.